The molecule has 0 bridgehead atoms. The van der Waals surface area contributed by atoms with E-state index in [1.54, 1.807) is 11.0 Å². The Morgan fingerprint density at radius 2 is 1.50 bits per heavy atom. The van der Waals surface area contributed by atoms with E-state index in [0.717, 1.165) is 16.5 Å². The number of pyridine rings is 1. The molecule has 2 heterocycles. The predicted octanol–water partition coefficient (Wildman–Crippen LogP) is 4.21. The summed E-state index contributed by atoms with van der Waals surface area (Å²) in [5, 5.41) is 3.80. The molecule has 0 atom stereocenters. The van der Waals surface area contributed by atoms with Gasteiger partial charge >= 0.3 is 6.03 Å². The molecule has 0 aliphatic carbocycles. The van der Waals surface area contributed by atoms with E-state index in [2.05, 4.69) is 10.3 Å². The molecule has 5 rings (SSSR count). The number of amides is 2. The van der Waals surface area contributed by atoms with E-state index in [-0.39, 0.29) is 18.1 Å². The Balaban J connectivity index is 1.41. The van der Waals surface area contributed by atoms with Crippen molar-refractivity contribution in [2.24, 2.45) is 0 Å². The highest BCUT2D eigenvalue weighted by Crippen LogP contribution is 2.33. The Morgan fingerprint density at radius 1 is 0.853 bits per heavy atom. The maximum atomic E-state index is 13.2. The van der Waals surface area contributed by atoms with Gasteiger partial charge in [-0.15, -0.1) is 0 Å². The van der Waals surface area contributed by atoms with E-state index in [9.17, 15) is 9.59 Å². The third-order valence-electron chi connectivity index (χ3n) is 5.74. The molecule has 0 unspecified atom stereocenters. The van der Waals surface area contributed by atoms with Gasteiger partial charge in [-0.05, 0) is 23.3 Å². The van der Waals surface area contributed by atoms with Crippen molar-refractivity contribution < 1.29 is 14.3 Å². The fourth-order valence-corrected chi connectivity index (χ4v) is 4.00. The van der Waals surface area contributed by atoms with Gasteiger partial charge in [-0.25, -0.2) is 4.79 Å². The second-order valence-electron chi connectivity index (χ2n) is 8.19. The number of aromatic nitrogens is 1. The fraction of sp³-hybridized carbons (Fsp3) is 0.185. The van der Waals surface area contributed by atoms with Crippen molar-refractivity contribution in [1.82, 2.24) is 15.2 Å². The van der Waals surface area contributed by atoms with Crippen LogP contribution >= 0.6 is 0 Å². The molecule has 0 fully saturated rings. The molecule has 3 aromatic carbocycles. The molecule has 0 saturated carbocycles. The lowest BCUT2D eigenvalue weighted by Crippen LogP contribution is -2.39. The molecule has 1 aliphatic rings. The molecular formula is C27H25N3O4. The summed E-state index contributed by atoms with van der Waals surface area (Å²) in [6.07, 6.45) is 0. The summed E-state index contributed by atoms with van der Waals surface area (Å²) < 4.78 is 11.3. The smallest absolute Gasteiger partial charge is 0.318 e. The van der Waals surface area contributed by atoms with E-state index in [1.807, 2.05) is 72.8 Å². The van der Waals surface area contributed by atoms with Crippen LogP contribution in [0.5, 0.6) is 11.5 Å². The summed E-state index contributed by atoms with van der Waals surface area (Å²) >= 11 is 0. The first-order chi connectivity index (χ1) is 16.7. The summed E-state index contributed by atoms with van der Waals surface area (Å²) in [5.74, 6) is 1.27. The molecule has 0 radical (unpaired) electrons. The zero-order valence-electron chi connectivity index (χ0n) is 18.6. The minimum Gasteiger partial charge on any atom is -0.486 e. The summed E-state index contributed by atoms with van der Waals surface area (Å²) in [5.41, 5.74) is 2.91. The lowest BCUT2D eigenvalue weighted by atomic mass is 10.1. The Labute approximate surface area is 196 Å². The summed E-state index contributed by atoms with van der Waals surface area (Å²) in [6.45, 7) is 1.91. The Hall–Kier alpha value is -4.26. The van der Waals surface area contributed by atoms with Crippen molar-refractivity contribution in [2.45, 2.75) is 19.6 Å². The summed E-state index contributed by atoms with van der Waals surface area (Å²) in [7, 11) is 0. The molecule has 7 heteroatoms. The second-order valence-corrected chi connectivity index (χ2v) is 8.19. The number of fused-ring (bicyclic) bond motifs is 2. The first kappa shape index (κ1) is 21.6. The van der Waals surface area contributed by atoms with Gasteiger partial charge in [-0.1, -0.05) is 60.7 Å². The minimum atomic E-state index is -0.241. The average molecular weight is 456 g/mol. The van der Waals surface area contributed by atoms with Crippen LogP contribution in [0.1, 0.15) is 16.7 Å². The number of nitrogens with zero attached hydrogens (tertiary/aromatic N) is 1. The van der Waals surface area contributed by atoms with Crippen molar-refractivity contribution >= 4 is 16.9 Å². The van der Waals surface area contributed by atoms with E-state index in [4.69, 9.17) is 9.47 Å². The van der Waals surface area contributed by atoms with Gasteiger partial charge < -0.3 is 24.7 Å². The highest BCUT2D eigenvalue weighted by atomic mass is 16.6. The quantitative estimate of drug-likeness (QED) is 0.456. The van der Waals surface area contributed by atoms with E-state index in [1.165, 1.54) is 0 Å². The van der Waals surface area contributed by atoms with Gasteiger partial charge in [-0.2, -0.15) is 0 Å². The van der Waals surface area contributed by atoms with Gasteiger partial charge in [0.15, 0.2) is 11.5 Å². The fourth-order valence-electron chi connectivity index (χ4n) is 4.00. The van der Waals surface area contributed by atoms with Gasteiger partial charge in [0.25, 0.3) is 5.56 Å². The van der Waals surface area contributed by atoms with Crippen LogP contribution in [-0.4, -0.2) is 29.1 Å². The van der Waals surface area contributed by atoms with Crippen LogP contribution in [0, 0.1) is 0 Å². The summed E-state index contributed by atoms with van der Waals surface area (Å²) in [6, 6.07) is 24.7. The highest BCUT2D eigenvalue weighted by Gasteiger charge is 2.18. The lowest BCUT2D eigenvalue weighted by Gasteiger charge is -2.24. The Bertz CT molecular complexity index is 1350. The third kappa shape index (κ3) is 4.88. The zero-order chi connectivity index (χ0) is 23.3. The third-order valence-corrected chi connectivity index (χ3v) is 5.74. The van der Waals surface area contributed by atoms with Crippen molar-refractivity contribution in [3.63, 3.8) is 0 Å². The number of rotatable bonds is 6. The van der Waals surface area contributed by atoms with Crippen LogP contribution in [0.15, 0.2) is 83.7 Å². The van der Waals surface area contributed by atoms with Crippen LogP contribution in [0.4, 0.5) is 4.79 Å². The Morgan fingerprint density at radius 3 is 2.21 bits per heavy atom. The SMILES string of the molecule is O=C(NCc1ccccc1)N(Cc1ccccc1)Cc1cc2cc3c(cc2[nH]c1=O)OCCO3. The van der Waals surface area contributed by atoms with Gasteiger partial charge in [0.2, 0.25) is 0 Å². The van der Waals surface area contributed by atoms with E-state index in [0.29, 0.717) is 48.9 Å². The molecule has 0 spiro atoms. The number of carbonyl (C=O) groups excluding carboxylic acids is 1. The van der Waals surface area contributed by atoms with Crippen LogP contribution in [0.25, 0.3) is 10.9 Å². The van der Waals surface area contributed by atoms with Gasteiger partial charge in [-0.3, -0.25) is 4.79 Å². The molecule has 7 nitrogen and oxygen atoms in total. The van der Waals surface area contributed by atoms with Crippen molar-refractivity contribution in [3.05, 3.63) is 106 Å². The first-order valence-electron chi connectivity index (χ1n) is 11.2. The molecule has 2 N–H and O–H groups in total. The number of hydrogen-bond acceptors (Lipinski definition) is 4. The van der Waals surface area contributed by atoms with Gasteiger partial charge in [0, 0.05) is 30.1 Å². The van der Waals surface area contributed by atoms with Crippen LogP contribution in [-0.2, 0) is 19.6 Å². The standard InChI is InChI=1S/C27H25N3O4/c31-26-22(13-21-14-24-25(15-23(21)29-26)34-12-11-33-24)18-30(17-20-9-5-2-6-10-20)27(32)28-16-19-7-3-1-4-8-19/h1-10,13-15H,11-12,16-18H2,(H,28,32)(H,29,31). The van der Waals surface area contributed by atoms with Crippen LogP contribution in [0.3, 0.4) is 0 Å². The number of H-pyrrole nitrogens is 1. The highest BCUT2D eigenvalue weighted by molar-refractivity contribution is 5.83. The minimum absolute atomic E-state index is 0.162. The lowest BCUT2D eigenvalue weighted by molar-refractivity contribution is 0.172. The van der Waals surface area contributed by atoms with E-state index >= 15 is 0 Å². The maximum Gasteiger partial charge on any atom is 0.318 e. The largest absolute Gasteiger partial charge is 0.486 e. The molecule has 4 aromatic rings. The van der Waals surface area contributed by atoms with E-state index < -0.39 is 0 Å². The van der Waals surface area contributed by atoms with Crippen LogP contribution in [0.2, 0.25) is 0 Å². The van der Waals surface area contributed by atoms with Crippen molar-refractivity contribution in [3.8, 4) is 11.5 Å². The summed E-state index contributed by atoms with van der Waals surface area (Å²) in [4.78, 5) is 30.6. The average Bonchev–Trinajstić information content (AvgIpc) is 2.87. The predicted molar refractivity (Wildman–Crippen MR) is 130 cm³/mol. The second kappa shape index (κ2) is 9.70. The molecule has 2 amide bonds. The van der Waals surface area contributed by atoms with Crippen molar-refractivity contribution in [2.75, 3.05) is 13.2 Å². The molecule has 34 heavy (non-hydrogen) atoms. The number of ether oxygens (including phenoxy) is 2. The molecule has 1 aromatic heterocycles. The monoisotopic (exact) mass is 455 g/mol. The zero-order valence-corrected chi connectivity index (χ0v) is 18.6. The topological polar surface area (TPSA) is 83.7 Å². The van der Waals surface area contributed by atoms with Gasteiger partial charge in [0.05, 0.1) is 12.1 Å². The molecule has 1 aliphatic heterocycles. The number of hydrogen-bond donors (Lipinski definition) is 2. The number of benzene rings is 3. The molecule has 0 saturated heterocycles. The normalized spacial score (nSPS) is 12.4. The number of urea groups is 1. The molecule has 172 valence electrons. The van der Waals surface area contributed by atoms with Crippen LogP contribution < -0.4 is 20.3 Å². The van der Waals surface area contributed by atoms with Crippen molar-refractivity contribution in [1.29, 1.82) is 0 Å². The molecular weight excluding hydrogens is 430 g/mol. The Kier molecular flexibility index (Phi) is 6.16. The number of carbonyl (C=O) groups is 1. The number of aromatic amines is 1. The first-order valence-corrected chi connectivity index (χ1v) is 11.2. The van der Waals surface area contributed by atoms with Gasteiger partial charge in [0.1, 0.15) is 13.2 Å². The maximum absolute atomic E-state index is 13.2. The number of nitrogens with one attached hydrogen (secondary N) is 2.